The van der Waals surface area contributed by atoms with E-state index >= 15 is 0 Å². The summed E-state index contributed by atoms with van der Waals surface area (Å²) in [5.74, 6) is -0.399. The summed E-state index contributed by atoms with van der Waals surface area (Å²) in [5.41, 5.74) is 3.63. The Balaban J connectivity index is 2.14. The molecule has 0 saturated carbocycles. The van der Waals surface area contributed by atoms with Crippen molar-refractivity contribution in [3.8, 4) is 22.4 Å². The maximum atomic E-state index is 12.1. The zero-order valence-electron chi connectivity index (χ0n) is 11.9. The van der Waals surface area contributed by atoms with Gasteiger partial charge in [0, 0.05) is 42.1 Å². The third kappa shape index (κ3) is 2.69. The van der Waals surface area contributed by atoms with Crippen LogP contribution in [-0.4, -0.2) is 28.0 Å². The first-order valence-electron chi connectivity index (χ1n) is 6.69. The topological polar surface area (TPSA) is 65.0 Å². The highest BCUT2D eigenvalue weighted by Gasteiger charge is 2.15. The number of nitrogens with zero attached hydrogens (tertiary/aromatic N) is 3. The minimum absolute atomic E-state index is 0.399. The van der Waals surface area contributed by atoms with Gasteiger partial charge < -0.3 is 4.74 Å². The van der Waals surface area contributed by atoms with Gasteiger partial charge in [0.05, 0.1) is 18.4 Å². The summed E-state index contributed by atoms with van der Waals surface area (Å²) in [6.45, 7) is 0. The van der Waals surface area contributed by atoms with Crippen molar-refractivity contribution in [3.05, 3.63) is 66.9 Å². The summed E-state index contributed by atoms with van der Waals surface area (Å²) >= 11 is 0. The van der Waals surface area contributed by atoms with Crippen LogP contribution in [0.3, 0.4) is 0 Å². The van der Waals surface area contributed by atoms with Gasteiger partial charge in [-0.25, -0.2) is 4.79 Å². The molecule has 0 atom stereocenters. The van der Waals surface area contributed by atoms with Crippen molar-refractivity contribution in [2.45, 2.75) is 0 Å². The molecule has 0 N–H and O–H groups in total. The summed E-state index contributed by atoms with van der Waals surface area (Å²) in [7, 11) is 1.37. The van der Waals surface area contributed by atoms with Gasteiger partial charge >= 0.3 is 5.97 Å². The Kier molecular flexibility index (Phi) is 3.87. The summed E-state index contributed by atoms with van der Waals surface area (Å²) in [6.07, 6.45) is 8.40. The highest BCUT2D eigenvalue weighted by atomic mass is 16.5. The Hall–Kier alpha value is -3.08. The molecule has 0 saturated heterocycles. The van der Waals surface area contributed by atoms with Crippen molar-refractivity contribution >= 4 is 5.97 Å². The third-order valence-electron chi connectivity index (χ3n) is 3.28. The fourth-order valence-corrected chi connectivity index (χ4v) is 2.18. The molecular formula is C17H13N3O2. The third-order valence-corrected chi connectivity index (χ3v) is 3.28. The number of methoxy groups -OCH3 is 1. The number of carbonyl (C=O) groups excluding carboxylic acids is 1. The van der Waals surface area contributed by atoms with E-state index in [9.17, 15) is 4.79 Å². The number of aromatic nitrogens is 3. The molecule has 0 aliphatic heterocycles. The number of hydrogen-bond donors (Lipinski definition) is 0. The number of esters is 1. The predicted octanol–water partition coefficient (Wildman–Crippen LogP) is 2.99. The Morgan fingerprint density at radius 2 is 1.55 bits per heavy atom. The van der Waals surface area contributed by atoms with Crippen LogP contribution in [0, 0.1) is 0 Å². The van der Waals surface area contributed by atoms with Crippen LogP contribution in [0.25, 0.3) is 22.4 Å². The lowest BCUT2D eigenvalue weighted by Gasteiger charge is -2.10. The summed E-state index contributed by atoms with van der Waals surface area (Å²) < 4.78 is 4.89. The molecule has 0 aromatic carbocycles. The van der Waals surface area contributed by atoms with Crippen LogP contribution < -0.4 is 0 Å². The lowest BCUT2D eigenvalue weighted by atomic mass is 10.0. The quantitative estimate of drug-likeness (QED) is 0.694. The van der Waals surface area contributed by atoms with Gasteiger partial charge in [0.2, 0.25) is 0 Å². The van der Waals surface area contributed by atoms with Gasteiger partial charge in [-0.3, -0.25) is 15.0 Å². The van der Waals surface area contributed by atoms with Crippen molar-refractivity contribution in [2.75, 3.05) is 7.11 Å². The molecule has 3 rings (SSSR count). The van der Waals surface area contributed by atoms with E-state index in [0.717, 1.165) is 11.1 Å². The predicted molar refractivity (Wildman–Crippen MR) is 82.0 cm³/mol. The van der Waals surface area contributed by atoms with E-state index < -0.39 is 5.97 Å². The first-order chi connectivity index (χ1) is 10.8. The molecule has 5 nitrogen and oxygen atoms in total. The van der Waals surface area contributed by atoms with Crippen molar-refractivity contribution in [1.82, 2.24) is 15.0 Å². The van der Waals surface area contributed by atoms with Gasteiger partial charge in [-0.2, -0.15) is 0 Å². The Bertz CT molecular complexity index is 790. The van der Waals surface area contributed by atoms with Crippen molar-refractivity contribution in [2.24, 2.45) is 0 Å². The SMILES string of the molecule is COC(=O)c1cc(-c2ccncc2)ncc1-c1ccncc1. The van der Waals surface area contributed by atoms with E-state index in [4.69, 9.17) is 4.74 Å². The maximum absolute atomic E-state index is 12.1. The fraction of sp³-hybridized carbons (Fsp3) is 0.0588. The van der Waals surface area contributed by atoms with Gasteiger partial charge in [-0.1, -0.05) is 0 Å². The molecule has 3 aromatic heterocycles. The second-order valence-electron chi connectivity index (χ2n) is 4.58. The van der Waals surface area contributed by atoms with Crippen LogP contribution in [0.2, 0.25) is 0 Å². The number of rotatable bonds is 3. The second-order valence-corrected chi connectivity index (χ2v) is 4.58. The molecule has 0 aliphatic carbocycles. The largest absolute Gasteiger partial charge is 0.465 e. The van der Waals surface area contributed by atoms with Gasteiger partial charge in [0.1, 0.15) is 0 Å². The molecule has 0 unspecified atom stereocenters. The van der Waals surface area contributed by atoms with E-state index in [2.05, 4.69) is 15.0 Å². The Morgan fingerprint density at radius 3 is 2.14 bits per heavy atom. The molecule has 0 amide bonds. The van der Waals surface area contributed by atoms with Gasteiger partial charge in [0.25, 0.3) is 0 Å². The molecule has 3 aromatic rings. The molecule has 0 bridgehead atoms. The Morgan fingerprint density at radius 1 is 0.955 bits per heavy atom. The van der Waals surface area contributed by atoms with Crippen molar-refractivity contribution in [1.29, 1.82) is 0 Å². The van der Waals surface area contributed by atoms with Gasteiger partial charge in [-0.05, 0) is 35.9 Å². The standard InChI is InChI=1S/C17H13N3O2/c1-22-17(21)14-10-16(13-4-8-19-9-5-13)20-11-15(14)12-2-6-18-7-3-12/h2-11H,1H3. The zero-order chi connectivity index (χ0) is 15.4. The lowest BCUT2D eigenvalue weighted by Crippen LogP contribution is -2.05. The van der Waals surface area contributed by atoms with Crippen LogP contribution in [0.4, 0.5) is 0 Å². The van der Waals surface area contributed by atoms with E-state index in [1.54, 1.807) is 37.1 Å². The summed E-state index contributed by atoms with van der Waals surface area (Å²) in [6, 6.07) is 9.08. The average Bonchev–Trinajstić information content (AvgIpc) is 2.62. The number of carbonyl (C=O) groups is 1. The highest BCUT2D eigenvalue weighted by Crippen LogP contribution is 2.27. The van der Waals surface area contributed by atoms with Gasteiger partial charge in [-0.15, -0.1) is 0 Å². The van der Waals surface area contributed by atoms with Crippen molar-refractivity contribution < 1.29 is 9.53 Å². The van der Waals surface area contributed by atoms with Crippen LogP contribution in [-0.2, 0) is 4.74 Å². The molecule has 22 heavy (non-hydrogen) atoms. The number of hydrogen-bond acceptors (Lipinski definition) is 5. The minimum atomic E-state index is -0.399. The Labute approximate surface area is 127 Å². The molecule has 5 heteroatoms. The summed E-state index contributed by atoms with van der Waals surface area (Å²) in [4.78, 5) is 24.5. The van der Waals surface area contributed by atoms with Crippen LogP contribution in [0.5, 0.6) is 0 Å². The molecule has 0 spiro atoms. The molecule has 0 radical (unpaired) electrons. The van der Waals surface area contributed by atoms with E-state index in [0.29, 0.717) is 16.8 Å². The molecular weight excluding hydrogens is 278 g/mol. The monoisotopic (exact) mass is 291 g/mol. The van der Waals surface area contributed by atoms with Crippen molar-refractivity contribution in [3.63, 3.8) is 0 Å². The van der Waals surface area contributed by atoms with Crippen LogP contribution in [0.1, 0.15) is 10.4 Å². The normalized spacial score (nSPS) is 10.2. The zero-order valence-corrected chi connectivity index (χ0v) is 11.9. The molecule has 0 aliphatic rings. The summed E-state index contributed by atoms with van der Waals surface area (Å²) in [5, 5.41) is 0. The minimum Gasteiger partial charge on any atom is -0.465 e. The molecule has 108 valence electrons. The fourth-order valence-electron chi connectivity index (χ4n) is 2.18. The highest BCUT2D eigenvalue weighted by molar-refractivity contribution is 5.98. The maximum Gasteiger partial charge on any atom is 0.338 e. The number of pyridine rings is 3. The first kappa shape index (κ1) is 13.9. The lowest BCUT2D eigenvalue weighted by molar-refractivity contribution is 0.0601. The smallest absolute Gasteiger partial charge is 0.338 e. The van der Waals surface area contributed by atoms with E-state index in [1.807, 2.05) is 24.3 Å². The van der Waals surface area contributed by atoms with Gasteiger partial charge in [0.15, 0.2) is 0 Å². The van der Waals surface area contributed by atoms with E-state index in [-0.39, 0.29) is 0 Å². The average molecular weight is 291 g/mol. The van der Waals surface area contributed by atoms with Crippen LogP contribution in [0.15, 0.2) is 61.3 Å². The molecule has 3 heterocycles. The first-order valence-corrected chi connectivity index (χ1v) is 6.69. The number of ether oxygens (including phenoxy) is 1. The molecule has 0 fully saturated rings. The van der Waals surface area contributed by atoms with E-state index in [1.165, 1.54) is 7.11 Å². The second kappa shape index (κ2) is 6.13. The van der Waals surface area contributed by atoms with Crippen LogP contribution >= 0.6 is 0 Å².